The molecule has 108 valence electrons. The van der Waals surface area contributed by atoms with E-state index in [2.05, 4.69) is 0 Å². The molecule has 2 rings (SSSR count). The summed E-state index contributed by atoms with van der Waals surface area (Å²) in [5, 5.41) is 8.99. The molecule has 0 aliphatic rings. The number of carboxylic acid groups (broad SMARTS) is 1. The fourth-order valence-electron chi connectivity index (χ4n) is 1.95. The molecule has 1 unspecified atom stereocenters. The van der Waals surface area contributed by atoms with Crippen LogP contribution in [-0.4, -0.2) is 24.0 Å². The van der Waals surface area contributed by atoms with E-state index in [-0.39, 0.29) is 5.78 Å². The fraction of sp³-hybridized carbons (Fsp3) is 0.125. The summed E-state index contributed by atoms with van der Waals surface area (Å²) in [6.07, 6.45) is 0. The van der Waals surface area contributed by atoms with Gasteiger partial charge in [-0.15, -0.1) is 0 Å². The quantitative estimate of drug-likeness (QED) is 0.820. The lowest BCUT2D eigenvalue weighted by atomic mass is 9.98. The highest BCUT2D eigenvalue weighted by Gasteiger charge is 2.18. The van der Waals surface area contributed by atoms with Crippen LogP contribution in [0.2, 0.25) is 0 Å². The largest absolute Gasteiger partial charge is 0.497 e. The first-order valence-corrected chi connectivity index (χ1v) is 6.30. The number of rotatable bonds is 5. The van der Waals surface area contributed by atoms with E-state index in [1.54, 1.807) is 30.3 Å². The minimum absolute atomic E-state index is 0.215. The van der Waals surface area contributed by atoms with Gasteiger partial charge in [0.15, 0.2) is 5.78 Å². The van der Waals surface area contributed by atoms with Crippen LogP contribution in [0, 0.1) is 0 Å². The Morgan fingerprint density at radius 2 is 1.76 bits per heavy atom. The second-order valence-corrected chi connectivity index (χ2v) is 4.51. The molecule has 3 N–H and O–H groups in total. The van der Waals surface area contributed by atoms with Crippen molar-refractivity contribution in [3.05, 3.63) is 65.2 Å². The molecule has 0 fully saturated rings. The average Bonchev–Trinajstić information content (AvgIpc) is 2.53. The van der Waals surface area contributed by atoms with E-state index in [1.165, 1.54) is 19.2 Å². The summed E-state index contributed by atoms with van der Waals surface area (Å²) in [7, 11) is 1.45. The van der Waals surface area contributed by atoms with Crippen molar-refractivity contribution in [2.24, 2.45) is 5.73 Å². The summed E-state index contributed by atoms with van der Waals surface area (Å²) in [5.41, 5.74) is 6.78. The Kier molecular flexibility index (Phi) is 4.35. The van der Waals surface area contributed by atoms with E-state index < -0.39 is 12.0 Å². The van der Waals surface area contributed by atoms with Crippen molar-refractivity contribution in [2.45, 2.75) is 6.04 Å². The molecule has 2 aromatic rings. The van der Waals surface area contributed by atoms with E-state index in [0.717, 1.165) is 0 Å². The third kappa shape index (κ3) is 3.27. The smallest absolute Gasteiger partial charge is 0.325 e. The number of benzene rings is 2. The average molecular weight is 285 g/mol. The molecule has 0 aliphatic carbocycles. The zero-order chi connectivity index (χ0) is 15.4. The van der Waals surface area contributed by atoms with Crippen molar-refractivity contribution in [3.8, 4) is 5.75 Å². The van der Waals surface area contributed by atoms with Gasteiger partial charge in [0.2, 0.25) is 0 Å². The Labute approximate surface area is 122 Å². The van der Waals surface area contributed by atoms with Crippen molar-refractivity contribution in [1.29, 1.82) is 0 Å². The number of ketones is 1. The molecule has 5 heteroatoms. The predicted molar refractivity (Wildman–Crippen MR) is 77.4 cm³/mol. The van der Waals surface area contributed by atoms with Crippen molar-refractivity contribution in [1.82, 2.24) is 0 Å². The number of carbonyl (C=O) groups is 2. The maximum absolute atomic E-state index is 12.4. The lowest BCUT2D eigenvalue weighted by Crippen LogP contribution is -2.21. The Hall–Kier alpha value is -2.66. The van der Waals surface area contributed by atoms with E-state index in [4.69, 9.17) is 15.6 Å². The Bertz CT molecular complexity index is 667. The molecule has 0 amide bonds. The number of aliphatic carboxylic acids is 1. The lowest BCUT2D eigenvalue weighted by Gasteiger charge is -2.11. The van der Waals surface area contributed by atoms with Crippen molar-refractivity contribution in [3.63, 3.8) is 0 Å². The Morgan fingerprint density at radius 3 is 2.33 bits per heavy atom. The van der Waals surface area contributed by atoms with Gasteiger partial charge in [0.1, 0.15) is 11.8 Å². The van der Waals surface area contributed by atoms with Crippen LogP contribution in [0.1, 0.15) is 27.5 Å². The molecule has 5 nitrogen and oxygen atoms in total. The second kappa shape index (κ2) is 6.19. The fourth-order valence-corrected chi connectivity index (χ4v) is 1.95. The van der Waals surface area contributed by atoms with Crippen LogP contribution in [0.4, 0.5) is 0 Å². The Morgan fingerprint density at radius 1 is 1.10 bits per heavy atom. The minimum atomic E-state index is -1.21. The molecule has 0 aliphatic heterocycles. The monoisotopic (exact) mass is 285 g/mol. The van der Waals surface area contributed by atoms with Crippen LogP contribution >= 0.6 is 0 Å². The van der Waals surface area contributed by atoms with Gasteiger partial charge in [-0.05, 0) is 23.8 Å². The van der Waals surface area contributed by atoms with Gasteiger partial charge >= 0.3 is 5.97 Å². The summed E-state index contributed by atoms with van der Waals surface area (Å²) in [6.45, 7) is 0. The molecule has 1 atom stereocenters. The minimum Gasteiger partial charge on any atom is -0.497 e. The van der Waals surface area contributed by atoms with Gasteiger partial charge in [-0.3, -0.25) is 9.59 Å². The normalized spacial score (nSPS) is 11.7. The molecule has 0 bridgehead atoms. The summed E-state index contributed by atoms with van der Waals surface area (Å²) in [6, 6.07) is 12.1. The lowest BCUT2D eigenvalue weighted by molar-refractivity contribution is -0.138. The number of carbonyl (C=O) groups excluding carboxylic acids is 1. The van der Waals surface area contributed by atoms with E-state index >= 15 is 0 Å². The number of hydrogen-bond acceptors (Lipinski definition) is 4. The number of nitrogens with two attached hydrogens (primary N) is 1. The molecule has 0 heterocycles. The SMILES string of the molecule is COc1cc(C(=O)c2ccccc2)cc(C(N)C(=O)O)c1. The van der Waals surface area contributed by atoms with Crippen LogP contribution in [0.5, 0.6) is 5.75 Å². The molecular formula is C16H15NO4. The van der Waals surface area contributed by atoms with Gasteiger partial charge in [-0.25, -0.2) is 0 Å². The summed E-state index contributed by atoms with van der Waals surface area (Å²) in [5.74, 6) is -0.988. The van der Waals surface area contributed by atoms with Crippen molar-refractivity contribution >= 4 is 11.8 Å². The molecule has 2 aromatic carbocycles. The van der Waals surface area contributed by atoms with Crippen LogP contribution in [0.15, 0.2) is 48.5 Å². The zero-order valence-corrected chi connectivity index (χ0v) is 11.4. The summed E-state index contributed by atoms with van der Waals surface area (Å²) >= 11 is 0. The van der Waals surface area contributed by atoms with E-state index in [9.17, 15) is 9.59 Å². The molecule has 0 spiro atoms. The second-order valence-electron chi connectivity index (χ2n) is 4.51. The third-order valence-electron chi connectivity index (χ3n) is 3.09. The first-order valence-electron chi connectivity index (χ1n) is 6.30. The van der Waals surface area contributed by atoms with Gasteiger partial charge in [-0.2, -0.15) is 0 Å². The summed E-state index contributed by atoms with van der Waals surface area (Å²) < 4.78 is 5.11. The maximum Gasteiger partial charge on any atom is 0.325 e. The molecule has 0 saturated carbocycles. The number of hydrogen-bond donors (Lipinski definition) is 2. The first-order chi connectivity index (χ1) is 10.0. The first kappa shape index (κ1) is 14.7. The number of ether oxygens (including phenoxy) is 1. The van der Waals surface area contributed by atoms with Crippen LogP contribution in [0.25, 0.3) is 0 Å². The highest BCUT2D eigenvalue weighted by molar-refractivity contribution is 6.09. The molecular weight excluding hydrogens is 270 g/mol. The molecule has 0 radical (unpaired) electrons. The van der Waals surface area contributed by atoms with Gasteiger partial charge in [0, 0.05) is 11.1 Å². The Balaban J connectivity index is 2.46. The van der Waals surface area contributed by atoms with E-state index in [1.807, 2.05) is 6.07 Å². The molecule has 21 heavy (non-hydrogen) atoms. The van der Waals surface area contributed by atoms with Crippen molar-refractivity contribution in [2.75, 3.05) is 7.11 Å². The standard InChI is InChI=1S/C16H15NO4/c1-21-13-8-11(14(17)16(19)20)7-12(9-13)15(18)10-5-3-2-4-6-10/h2-9,14H,17H2,1H3,(H,19,20). The van der Waals surface area contributed by atoms with Crippen LogP contribution < -0.4 is 10.5 Å². The number of methoxy groups -OCH3 is 1. The van der Waals surface area contributed by atoms with Crippen molar-refractivity contribution < 1.29 is 19.4 Å². The highest BCUT2D eigenvalue weighted by atomic mass is 16.5. The number of carboxylic acids is 1. The maximum atomic E-state index is 12.4. The van der Waals surface area contributed by atoms with Gasteiger partial charge in [0.25, 0.3) is 0 Å². The molecule has 0 saturated heterocycles. The topological polar surface area (TPSA) is 89.6 Å². The predicted octanol–water partition coefficient (Wildman–Crippen LogP) is 2.01. The highest BCUT2D eigenvalue weighted by Crippen LogP contribution is 2.23. The third-order valence-corrected chi connectivity index (χ3v) is 3.09. The van der Waals surface area contributed by atoms with Crippen LogP contribution in [0.3, 0.4) is 0 Å². The zero-order valence-electron chi connectivity index (χ0n) is 11.4. The molecule has 0 aromatic heterocycles. The van der Waals surface area contributed by atoms with Gasteiger partial charge in [-0.1, -0.05) is 30.3 Å². The van der Waals surface area contributed by atoms with Crippen LogP contribution in [-0.2, 0) is 4.79 Å². The van der Waals surface area contributed by atoms with Gasteiger partial charge < -0.3 is 15.6 Å². The summed E-state index contributed by atoms with van der Waals surface area (Å²) in [4.78, 5) is 23.4. The van der Waals surface area contributed by atoms with Gasteiger partial charge in [0.05, 0.1) is 7.11 Å². The van der Waals surface area contributed by atoms with E-state index in [0.29, 0.717) is 22.4 Å².